The van der Waals surface area contributed by atoms with Crippen LogP contribution in [-0.2, 0) is 11.3 Å². The molecule has 2 N–H and O–H groups in total. The van der Waals surface area contributed by atoms with Gasteiger partial charge < -0.3 is 20.1 Å². The van der Waals surface area contributed by atoms with E-state index in [1.165, 1.54) is 0 Å². The van der Waals surface area contributed by atoms with Crippen LogP contribution in [0.2, 0.25) is 0 Å². The maximum absolute atomic E-state index is 11.7. The molecule has 0 radical (unpaired) electrons. The molecule has 1 amide bonds. The van der Waals surface area contributed by atoms with E-state index in [9.17, 15) is 4.79 Å². The minimum absolute atomic E-state index is 0.0159. The molecule has 0 heterocycles. The van der Waals surface area contributed by atoms with Crippen LogP contribution in [-0.4, -0.2) is 19.6 Å². The second-order valence-electron chi connectivity index (χ2n) is 5.99. The Morgan fingerprint density at radius 3 is 2.32 bits per heavy atom. The van der Waals surface area contributed by atoms with Gasteiger partial charge in [-0.2, -0.15) is 0 Å². The summed E-state index contributed by atoms with van der Waals surface area (Å²) in [6, 6.07) is 13.6. The van der Waals surface area contributed by atoms with Gasteiger partial charge in [0.25, 0.3) is 0 Å². The highest BCUT2D eigenvalue weighted by atomic mass is 16.5. The molecule has 0 spiro atoms. The molecule has 0 aliphatic rings. The van der Waals surface area contributed by atoms with E-state index in [1.807, 2.05) is 63.2 Å². The van der Waals surface area contributed by atoms with E-state index in [4.69, 9.17) is 9.47 Å². The maximum Gasteiger partial charge on any atom is 0.226 e. The van der Waals surface area contributed by atoms with Gasteiger partial charge >= 0.3 is 0 Å². The molecule has 0 atom stereocenters. The zero-order valence-corrected chi connectivity index (χ0v) is 15.3. The Morgan fingerprint density at radius 1 is 1.04 bits per heavy atom. The van der Waals surface area contributed by atoms with Crippen molar-refractivity contribution in [3.05, 3.63) is 48.0 Å². The van der Waals surface area contributed by atoms with Gasteiger partial charge in [0.05, 0.1) is 13.7 Å². The summed E-state index contributed by atoms with van der Waals surface area (Å²) in [5.41, 5.74) is 2.87. The lowest BCUT2D eigenvalue weighted by Gasteiger charge is -2.12. The second-order valence-corrected chi connectivity index (χ2v) is 5.99. The van der Waals surface area contributed by atoms with Gasteiger partial charge in [-0.3, -0.25) is 4.79 Å². The van der Waals surface area contributed by atoms with E-state index in [0.717, 1.165) is 28.4 Å². The van der Waals surface area contributed by atoms with E-state index in [2.05, 4.69) is 10.6 Å². The predicted molar refractivity (Wildman–Crippen MR) is 101 cm³/mol. The number of nitrogens with one attached hydrogen (secondary N) is 2. The van der Waals surface area contributed by atoms with E-state index >= 15 is 0 Å². The third-order valence-corrected chi connectivity index (χ3v) is 3.70. The van der Waals surface area contributed by atoms with Crippen LogP contribution in [0.15, 0.2) is 42.5 Å². The molecular formula is C20H26N2O3. The number of hydrogen-bond donors (Lipinski definition) is 2. The first-order chi connectivity index (χ1) is 12.0. The fourth-order valence-electron chi connectivity index (χ4n) is 2.26. The standard InChI is InChI=1S/C20H26N2O3/c1-5-25-18-11-6-15(12-19(18)24-4)13-21-16-7-9-17(10-8-16)22-20(23)14(2)3/h6-12,14,21H,5,13H2,1-4H3,(H,22,23). The lowest BCUT2D eigenvalue weighted by atomic mass is 10.2. The molecule has 2 rings (SSSR count). The van der Waals surface area contributed by atoms with Crippen LogP contribution < -0.4 is 20.1 Å². The molecule has 2 aromatic rings. The first-order valence-electron chi connectivity index (χ1n) is 8.48. The van der Waals surface area contributed by atoms with Gasteiger partial charge in [0.2, 0.25) is 5.91 Å². The average molecular weight is 342 g/mol. The van der Waals surface area contributed by atoms with Gasteiger partial charge in [0.1, 0.15) is 0 Å². The molecule has 0 unspecified atom stereocenters. The van der Waals surface area contributed by atoms with Gasteiger partial charge in [-0.25, -0.2) is 0 Å². The fraction of sp³-hybridized carbons (Fsp3) is 0.350. The second kappa shape index (κ2) is 8.97. The van der Waals surface area contributed by atoms with Crippen molar-refractivity contribution in [2.45, 2.75) is 27.3 Å². The summed E-state index contributed by atoms with van der Waals surface area (Å²) >= 11 is 0. The molecule has 0 aliphatic carbocycles. The van der Waals surface area contributed by atoms with Crippen LogP contribution in [0, 0.1) is 5.92 Å². The number of anilines is 2. The van der Waals surface area contributed by atoms with Crippen LogP contribution >= 0.6 is 0 Å². The molecule has 0 saturated heterocycles. The molecule has 25 heavy (non-hydrogen) atoms. The Kier molecular flexibility index (Phi) is 6.69. The van der Waals surface area contributed by atoms with Crippen molar-refractivity contribution in [1.29, 1.82) is 0 Å². The fourth-order valence-corrected chi connectivity index (χ4v) is 2.26. The zero-order chi connectivity index (χ0) is 18.2. The third-order valence-electron chi connectivity index (χ3n) is 3.70. The SMILES string of the molecule is CCOc1ccc(CNc2ccc(NC(=O)C(C)C)cc2)cc1OC. The van der Waals surface area contributed by atoms with Crippen LogP contribution in [0.5, 0.6) is 11.5 Å². The molecular weight excluding hydrogens is 316 g/mol. The monoisotopic (exact) mass is 342 g/mol. The number of hydrogen-bond acceptors (Lipinski definition) is 4. The molecule has 0 aromatic heterocycles. The summed E-state index contributed by atoms with van der Waals surface area (Å²) in [4.78, 5) is 11.7. The molecule has 0 saturated carbocycles. The van der Waals surface area contributed by atoms with E-state index < -0.39 is 0 Å². The van der Waals surface area contributed by atoms with Gasteiger partial charge in [-0.05, 0) is 48.9 Å². The van der Waals surface area contributed by atoms with Crippen molar-refractivity contribution in [2.24, 2.45) is 5.92 Å². The molecule has 0 aliphatic heterocycles. The Hall–Kier alpha value is -2.69. The number of rotatable bonds is 8. The summed E-state index contributed by atoms with van der Waals surface area (Å²) in [6.07, 6.45) is 0. The van der Waals surface area contributed by atoms with Crippen molar-refractivity contribution in [1.82, 2.24) is 0 Å². The Labute approximate surface area is 149 Å². The zero-order valence-electron chi connectivity index (χ0n) is 15.3. The van der Waals surface area contributed by atoms with E-state index in [1.54, 1.807) is 7.11 Å². The molecule has 0 fully saturated rings. The number of carbonyl (C=O) groups is 1. The minimum atomic E-state index is -0.0348. The summed E-state index contributed by atoms with van der Waals surface area (Å²) in [5.74, 6) is 1.46. The summed E-state index contributed by atoms with van der Waals surface area (Å²) in [6.45, 7) is 6.96. The number of benzene rings is 2. The molecule has 134 valence electrons. The van der Waals surface area contributed by atoms with Crippen molar-refractivity contribution in [2.75, 3.05) is 24.4 Å². The Morgan fingerprint density at radius 2 is 1.72 bits per heavy atom. The largest absolute Gasteiger partial charge is 0.493 e. The van der Waals surface area contributed by atoms with Crippen LogP contribution in [0.3, 0.4) is 0 Å². The van der Waals surface area contributed by atoms with Crippen LogP contribution in [0.25, 0.3) is 0 Å². The minimum Gasteiger partial charge on any atom is -0.493 e. The van der Waals surface area contributed by atoms with Crippen LogP contribution in [0.4, 0.5) is 11.4 Å². The lowest BCUT2D eigenvalue weighted by molar-refractivity contribution is -0.118. The van der Waals surface area contributed by atoms with Gasteiger partial charge in [-0.15, -0.1) is 0 Å². The summed E-state index contributed by atoms with van der Waals surface area (Å²) in [5, 5.41) is 6.24. The van der Waals surface area contributed by atoms with Crippen molar-refractivity contribution >= 4 is 17.3 Å². The van der Waals surface area contributed by atoms with Crippen molar-refractivity contribution in [3.8, 4) is 11.5 Å². The highest BCUT2D eigenvalue weighted by Gasteiger charge is 2.07. The van der Waals surface area contributed by atoms with Gasteiger partial charge in [0.15, 0.2) is 11.5 Å². The van der Waals surface area contributed by atoms with Gasteiger partial charge in [0, 0.05) is 23.8 Å². The smallest absolute Gasteiger partial charge is 0.226 e. The lowest BCUT2D eigenvalue weighted by Crippen LogP contribution is -2.17. The topological polar surface area (TPSA) is 59.6 Å². The third kappa shape index (κ3) is 5.41. The number of amides is 1. The molecule has 5 nitrogen and oxygen atoms in total. The number of carbonyl (C=O) groups excluding carboxylic acids is 1. The Bertz CT molecular complexity index is 697. The average Bonchev–Trinajstić information content (AvgIpc) is 2.62. The maximum atomic E-state index is 11.7. The van der Waals surface area contributed by atoms with Crippen molar-refractivity contribution in [3.63, 3.8) is 0 Å². The van der Waals surface area contributed by atoms with E-state index in [0.29, 0.717) is 13.2 Å². The summed E-state index contributed by atoms with van der Waals surface area (Å²) in [7, 11) is 1.64. The summed E-state index contributed by atoms with van der Waals surface area (Å²) < 4.78 is 10.9. The molecule has 0 bridgehead atoms. The van der Waals surface area contributed by atoms with Crippen molar-refractivity contribution < 1.29 is 14.3 Å². The highest BCUT2D eigenvalue weighted by molar-refractivity contribution is 5.92. The van der Waals surface area contributed by atoms with Gasteiger partial charge in [-0.1, -0.05) is 19.9 Å². The first kappa shape index (κ1) is 18.6. The number of ether oxygens (including phenoxy) is 2. The Balaban J connectivity index is 1.96. The quantitative estimate of drug-likeness (QED) is 0.751. The number of methoxy groups -OCH3 is 1. The first-order valence-corrected chi connectivity index (χ1v) is 8.48. The molecule has 5 heteroatoms. The molecule has 2 aromatic carbocycles. The highest BCUT2D eigenvalue weighted by Crippen LogP contribution is 2.28. The van der Waals surface area contributed by atoms with E-state index in [-0.39, 0.29) is 11.8 Å². The van der Waals surface area contributed by atoms with Crippen LogP contribution in [0.1, 0.15) is 26.3 Å². The predicted octanol–water partition coefficient (Wildman–Crippen LogP) is 4.30. The normalized spacial score (nSPS) is 10.4.